The van der Waals surface area contributed by atoms with Crippen LogP contribution in [-0.4, -0.2) is 52.3 Å². The highest BCUT2D eigenvalue weighted by Gasteiger charge is 2.37. The monoisotopic (exact) mass is 362 g/mol. The van der Waals surface area contributed by atoms with Gasteiger partial charge in [-0.3, -0.25) is 4.90 Å². The van der Waals surface area contributed by atoms with Gasteiger partial charge in [0.1, 0.15) is 12.1 Å². The van der Waals surface area contributed by atoms with Gasteiger partial charge in [-0.05, 0) is 30.5 Å². The van der Waals surface area contributed by atoms with E-state index in [1.807, 2.05) is 19.2 Å². The second kappa shape index (κ2) is 7.25. The van der Waals surface area contributed by atoms with E-state index in [9.17, 15) is 5.11 Å². The third-order valence-corrected chi connectivity index (χ3v) is 5.40. The lowest BCUT2D eigenvalue weighted by atomic mass is 10.0. The minimum absolute atomic E-state index is 0.554. The zero-order valence-corrected chi connectivity index (χ0v) is 16.0. The summed E-state index contributed by atoms with van der Waals surface area (Å²) in [6.45, 7) is 5.07. The lowest BCUT2D eigenvalue weighted by Crippen LogP contribution is -2.44. The van der Waals surface area contributed by atoms with E-state index in [0.717, 1.165) is 41.8 Å². The third kappa shape index (κ3) is 3.80. The van der Waals surface area contributed by atoms with Crippen LogP contribution < -0.4 is 4.90 Å². The number of anilines is 1. The van der Waals surface area contributed by atoms with Gasteiger partial charge in [0, 0.05) is 38.6 Å². The molecule has 2 heterocycles. The van der Waals surface area contributed by atoms with E-state index in [4.69, 9.17) is 0 Å². The fourth-order valence-electron chi connectivity index (χ4n) is 4.09. The van der Waals surface area contributed by atoms with Crippen LogP contribution >= 0.6 is 0 Å². The molecule has 0 aliphatic carbocycles. The van der Waals surface area contributed by atoms with Crippen molar-refractivity contribution < 1.29 is 5.11 Å². The number of aromatic nitrogens is 2. The predicted octanol–water partition coefficient (Wildman–Crippen LogP) is 3.01. The summed E-state index contributed by atoms with van der Waals surface area (Å²) in [7, 11) is 2.00. The number of hydrogen-bond donors (Lipinski definition) is 1. The average molecular weight is 362 g/mol. The molecule has 5 heteroatoms. The van der Waals surface area contributed by atoms with E-state index < -0.39 is 5.60 Å². The summed E-state index contributed by atoms with van der Waals surface area (Å²) in [5, 5.41) is 12.2. The zero-order valence-electron chi connectivity index (χ0n) is 16.0. The smallest absolute Gasteiger partial charge is 0.139 e. The first kappa shape index (κ1) is 17.9. The van der Waals surface area contributed by atoms with E-state index >= 15 is 0 Å². The number of para-hydroxylation sites is 1. The summed E-state index contributed by atoms with van der Waals surface area (Å²) < 4.78 is 0. The molecule has 0 amide bonds. The Balaban J connectivity index is 1.48. The number of aryl methyl sites for hydroxylation is 1. The Morgan fingerprint density at radius 3 is 2.74 bits per heavy atom. The second-order valence-electron chi connectivity index (χ2n) is 7.70. The topological polar surface area (TPSA) is 52.5 Å². The van der Waals surface area contributed by atoms with Gasteiger partial charge >= 0.3 is 0 Å². The zero-order chi connectivity index (χ0) is 18.9. The minimum Gasteiger partial charge on any atom is -0.387 e. The number of β-amino-alcohol motifs (C(OH)–C–C–N with tert-alkyl or cyclic N) is 1. The number of rotatable bonds is 5. The van der Waals surface area contributed by atoms with Crippen LogP contribution in [-0.2, 0) is 6.54 Å². The first-order chi connectivity index (χ1) is 13.0. The molecular weight excluding hydrogens is 336 g/mol. The molecule has 4 rings (SSSR count). The Bertz CT molecular complexity index is 930. The fraction of sp³-hybridized carbons (Fsp3) is 0.364. The molecule has 0 radical (unpaired) electrons. The fourth-order valence-corrected chi connectivity index (χ4v) is 4.09. The molecular formula is C22H26N4O. The number of nitrogens with zero attached hydrogens (tertiary/aromatic N) is 4. The van der Waals surface area contributed by atoms with Crippen LogP contribution in [0.4, 0.5) is 5.82 Å². The van der Waals surface area contributed by atoms with Crippen molar-refractivity contribution in [3.63, 3.8) is 0 Å². The first-order valence-corrected chi connectivity index (χ1v) is 9.44. The molecule has 1 aliphatic heterocycles. The normalized spacial score (nSPS) is 20.3. The molecule has 1 aliphatic rings. The van der Waals surface area contributed by atoms with Gasteiger partial charge < -0.3 is 10.0 Å². The SMILES string of the molecule is Cc1cccc2c(N(C)CC3(O)CCN(Cc4ccccc4)C3)ncnc12. The van der Waals surface area contributed by atoms with E-state index in [-0.39, 0.29) is 0 Å². The van der Waals surface area contributed by atoms with Crippen molar-refractivity contribution in [2.45, 2.75) is 25.5 Å². The molecule has 140 valence electrons. The Morgan fingerprint density at radius 1 is 1.11 bits per heavy atom. The van der Waals surface area contributed by atoms with Crippen molar-refractivity contribution in [1.82, 2.24) is 14.9 Å². The molecule has 5 nitrogen and oxygen atoms in total. The summed E-state index contributed by atoms with van der Waals surface area (Å²) in [6, 6.07) is 16.6. The molecule has 3 aromatic rings. The highest BCUT2D eigenvalue weighted by atomic mass is 16.3. The standard InChI is InChI=1S/C22H26N4O/c1-17-7-6-10-19-20(17)23-16-24-21(19)25(2)14-22(27)11-12-26(15-22)13-18-8-4-3-5-9-18/h3-10,16,27H,11-15H2,1-2H3. The van der Waals surface area contributed by atoms with Crippen LogP contribution in [0.3, 0.4) is 0 Å². The quantitative estimate of drug-likeness (QED) is 0.756. The van der Waals surface area contributed by atoms with E-state index in [1.54, 1.807) is 6.33 Å². The average Bonchev–Trinajstić information content (AvgIpc) is 3.02. The van der Waals surface area contributed by atoms with Gasteiger partial charge in [-0.1, -0.05) is 42.5 Å². The van der Waals surface area contributed by atoms with Gasteiger partial charge in [0.2, 0.25) is 0 Å². The lowest BCUT2D eigenvalue weighted by molar-refractivity contribution is 0.0561. The van der Waals surface area contributed by atoms with Gasteiger partial charge in [-0.25, -0.2) is 9.97 Å². The Hall–Kier alpha value is -2.50. The number of benzene rings is 2. The van der Waals surface area contributed by atoms with Crippen molar-refractivity contribution in [3.05, 3.63) is 66.0 Å². The van der Waals surface area contributed by atoms with E-state index in [2.05, 4.69) is 63.1 Å². The molecule has 0 saturated carbocycles. The predicted molar refractivity (Wildman–Crippen MR) is 109 cm³/mol. The number of aliphatic hydroxyl groups is 1. The Kier molecular flexibility index (Phi) is 4.81. The number of hydrogen-bond acceptors (Lipinski definition) is 5. The van der Waals surface area contributed by atoms with Crippen molar-refractivity contribution in [3.8, 4) is 0 Å². The lowest BCUT2D eigenvalue weighted by Gasteiger charge is -2.30. The van der Waals surface area contributed by atoms with Gasteiger partial charge in [0.05, 0.1) is 11.1 Å². The maximum absolute atomic E-state index is 11.2. The largest absolute Gasteiger partial charge is 0.387 e. The van der Waals surface area contributed by atoms with Gasteiger partial charge in [-0.2, -0.15) is 0 Å². The van der Waals surface area contributed by atoms with Crippen LogP contribution in [0, 0.1) is 6.92 Å². The number of likely N-dealkylation sites (tertiary alicyclic amines) is 1. The molecule has 0 bridgehead atoms. The molecule has 1 N–H and O–H groups in total. The van der Waals surface area contributed by atoms with Crippen molar-refractivity contribution in [2.75, 3.05) is 31.6 Å². The Morgan fingerprint density at radius 2 is 1.93 bits per heavy atom. The molecule has 1 saturated heterocycles. The summed E-state index contributed by atoms with van der Waals surface area (Å²) in [5.74, 6) is 0.874. The van der Waals surface area contributed by atoms with Crippen molar-refractivity contribution in [1.29, 1.82) is 0 Å². The van der Waals surface area contributed by atoms with E-state index in [0.29, 0.717) is 13.1 Å². The molecule has 2 aromatic carbocycles. The molecule has 1 fully saturated rings. The molecule has 1 atom stereocenters. The Labute approximate surface area is 160 Å². The second-order valence-corrected chi connectivity index (χ2v) is 7.70. The minimum atomic E-state index is -0.732. The first-order valence-electron chi connectivity index (χ1n) is 9.44. The highest BCUT2D eigenvalue weighted by molar-refractivity contribution is 5.91. The van der Waals surface area contributed by atoms with Gasteiger partial charge in [0.25, 0.3) is 0 Å². The van der Waals surface area contributed by atoms with Crippen LogP contribution in [0.5, 0.6) is 0 Å². The number of fused-ring (bicyclic) bond motifs is 1. The maximum atomic E-state index is 11.2. The highest BCUT2D eigenvalue weighted by Crippen LogP contribution is 2.28. The van der Waals surface area contributed by atoms with Crippen LogP contribution in [0.25, 0.3) is 10.9 Å². The summed E-state index contributed by atoms with van der Waals surface area (Å²) >= 11 is 0. The third-order valence-electron chi connectivity index (χ3n) is 5.40. The molecule has 0 spiro atoms. The van der Waals surface area contributed by atoms with Crippen LogP contribution in [0.2, 0.25) is 0 Å². The summed E-state index contributed by atoms with van der Waals surface area (Å²) in [6.07, 6.45) is 2.38. The molecule has 1 aromatic heterocycles. The number of likely N-dealkylation sites (N-methyl/N-ethyl adjacent to an activating group) is 1. The summed E-state index contributed by atoms with van der Waals surface area (Å²) in [4.78, 5) is 13.3. The van der Waals surface area contributed by atoms with Crippen LogP contribution in [0.15, 0.2) is 54.9 Å². The molecule has 1 unspecified atom stereocenters. The van der Waals surface area contributed by atoms with Gasteiger partial charge in [0.15, 0.2) is 0 Å². The van der Waals surface area contributed by atoms with Crippen molar-refractivity contribution in [2.24, 2.45) is 0 Å². The maximum Gasteiger partial charge on any atom is 0.139 e. The summed E-state index contributed by atoms with van der Waals surface area (Å²) in [5.41, 5.74) is 2.66. The van der Waals surface area contributed by atoms with Crippen molar-refractivity contribution >= 4 is 16.7 Å². The van der Waals surface area contributed by atoms with Crippen LogP contribution in [0.1, 0.15) is 17.5 Å². The molecule has 27 heavy (non-hydrogen) atoms. The van der Waals surface area contributed by atoms with Gasteiger partial charge in [-0.15, -0.1) is 0 Å². The van der Waals surface area contributed by atoms with E-state index in [1.165, 1.54) is 5.56 Å².